The predicted octanol–water partition coefficient (Wildman–Crippen LogP) is 4.39. The molecule has 0 saturated carbocycles. The van der Waals surface area contributed by atoms with Crippen LogP contribution in [0.4, 0.5) is 0 Å². The molecule has 7 nitrogen and oxygen atoms in total. The second-order valence-corrected chi connectivity index (χ2v) is 9.62. The van der Waals surface area contributed by atoms with Crippen LogP contribution in [0.2, 0.25) is 0 Å². The van der Waals surface area contributed by atoms with E-state index in [2.05, 4.69) is 5.32 Å². The van der Waals surface area contributed by atoms with Gasteiger partial charge in [-0.25, -0.2) is 4.79 Å². The van der Waals surface area contributed by atoms with E-state index in [1.165, 1.54) is 0 Å². The number of amides is 1. The van der Waals surface area contributed by atoms with Crippen molar-refractivity contribution in [1.29, 1.82) is 0 Å². The molecule has 0 fully saturated rings. The average Bonchev–Trinajstić information content (AvgIpc) is 2.84. The van der Waals surface area contributed by atoms with Crippen molar-refractivity contribution in [3.05, 3.63) is 96.1 Å². The van der Waals surface area contributed by atoms with Crippen LogP contribution in [0.3, 0.4) is 0 Å². The van der Waals surface area contributed by atoms with Crippen LogP contribution in [0.15, 0.2) is 84.9 Å². The first-order chi connectivity index (χ1) is 16.8. The molecule has 0 spiro atoms. The van der Waals surface area contributed by atoms with Gasteiger partial charge in [0, 0.05) is 6.42 Å². The molecule has 0 saturated heterocycles. The molecule has 0 bridgehead atoms. The molecule has 4 atom stereocenters. The topological polar surface area (TPSA) is 119 Å². The molecule has 0 aliphatic heterocycles. The van der Waals surface area contributed by atoms with Gasteiger partial charge in [0.2, 0.25) is 5.91 Å². The van der Waals surface area contributed by atoms with Gasteiger partial charge in [0.1, 0.15) is 6.04 Å². The summed E-state index contributed by atoms with van der Waals surface area (Å²) in [7, 11) is -2.20. The largest absolute Gasteiger partial charge is 0.510 e. The molecule has 8 heteroatoms. The van der Waals surface area contributed by atoms with E-state index in [-0.39, 0.29) is 19.0 Å². The predicted molar refractivity (Wildman–Crippen MR) is 136 cm³/mol. The van der Waals surface area contributed by atoms with Crippen LogP contribution >= 0.6 is 8.03 Å². The summed E-state index contributed by atoms with van der Waals surface area (Å²) in [5, 5.41) is 12.3. The molecule has 0 aliphatic rings. The highest BCUT2D eigenvalue weighted by Gasteiger charge is 2.34. The third-order valence-electron chi connectivity index (χ3n) is 5.46. The van der Waals surface area contributed by atoms with E-state index >= 15 is 0 Å². The lowest BCUT2D eigenvalue weighted by molar-refractivity contribution is -0.142. The smallest absolute Gasteiger partial charge is 0.480 e. The number of rotatable bonds is 12. The fraction of sp³-hybridized carbons (Fsp3) is 0.259. The lowest BCUT2D eigenvalue weighted by Gasteiger charge is -2.18. The Morgan fingerprint density at radius 1 is 0.886 bits per heavy atom. The minimum absolute atomic E-state index is 0.0686. The summed E-state index contributed by atoms with van der Waals surface area (Å²) in [4.78, 5) is 25.0. The minimum Gasteiger partial charge on any atom is -0.480 e. The van der Waals surface area contributed by atoms with Gasteiger partial charge in [-0.2, -0.15) is 0 Å². The molecule has 0 aromatic heterocycles. The number of aliphatic carboxylic acids is 1. The maximum atomic E-state index is 13.2. The highest BCUT2D eigenvalue weighted by atomic mass is 31.1. The number of carbonyl (C=O) groups is 2. The van der Waals surface area contributed by atoms with Gasteiger partial charge < -0.3 is 16.2 Å². The second-order valence-electron chi connectivity index (χ2n) is 8.38. The lowest BCUT2D eigenvalue weighted by Crippen LogP contribution is -2.46. The van der Waals surface area contributed by atoms with Crippen molar-refractivity contribution in [1.82, 2.24) is 5.32 Å². The molecule has 35 heavy (non-hydrogen) atoms. The van der Waals surface area contributed by atoms with Gasteiger partial charge in [-0.3, -0.25) is 4.79 Å². The fourth-order valence-electron chi connectivity index (χ4n) is 3.74. The number of hydrogen-bond acceptors (Lipinski definition) is 5. The van der Waals surface area contributed by atoms with Crippen LogP contribution in [0, 0.1) is 5.92 Å². The highest BCUT2D eigenvalue weighted by molar-refractivity contribution is 7.39. The van der Waals surface area contributed by atoms with Gasteiger partial charge in [0.05, 0.1) is 5.92 Å². The standard InChI is InChI=1S/C27H29N2O5P/c1-19(28)34-35(33)18-24(16-21-12-14-23(15-13-21)22-10-6-3-7-11-22)26(30)29-25(27(31)32)17-20-8-4-2-5-9-20/h2-15,19,24-25H,16-18,28H2,1H3,(H-,29,30,31,32)/p+1/t19?,24?,25-/m0/s1. The Bertz CT molecular complexity index is 1120. The normalized spacial score (nSPS) is 13.9. The first-order valence-corrected chi connectivity index (χ1v) is 12.8. The number of carboxylic acid groups (broad SMARTS) is 1. The van der Waals surface area contributed by atoms with Crippen LogP contribution in [0.25, 0.3) is 11.1 Å². The van der Waals surface area contributed by atoms with E-state index in [4.69, 9.17) is 10.3 Å². The first kappa shape index (κ1) is 26.2. The van der Waals surface area contributed by atoms with E-state index in [9.17, 15) is 19.3 Å². The van der Waals surface area contributed by atoms with Crippen LogP contribution < -0.4 is 11.1 Å². The Morgan fingerprint density at radius 2 is 1.43 bits per heavy atom. The molecule has 0 radical (unpaired) electrons. The highest BCUT2D eigenvalue weighted by Crippen LogP contribution is 2.29. The Balaban J connectivity index is 1.75. The molecule has 0 heterocycles. The Hall–Kier alpha value is -3.38. The number of benzene rings is 3. The van der Waals surface area contributed by atoms with Gasteiger partial charge >= 0.3 is 14.0 Å². The number of hydrogen-bond donors (Lipinski definition) is 3. The van der Waals surface area contributed by atoms with Crippen LogP contribution in [0.5, 0.6) is 0 Å². The molecule has 3 rings (SSSR count). The zero-order valence-electron chi connectivity index (χ0n) is 19.5. The van der Waals surface area contributed by atoms with Gasteiger partial charge in [-0.1, -0.05) is 84.9 Å². The van der Waals surface area contributed by atoms with Gasteiger partial charge in [-0.15, -0.1) is 4.52 Å². The number of carbonyl (C=O) groups excluding carboxylic acids is 1. The zero-order valence-corrected chi connectivity index (χ0v) is 20.4. The summed E-state index contributed by atoms with van der Waals surface area (Å²) in [5.41, 5.74) is 9.36. The second kappa shape index (κ2) is 12.9. The van der Waals surface area contributed by atoms with Gasteiger partial charge in [0.15, 0.2) is 12.4 Å². The monoisotopic (exact) mass is 493 g/mol. The first-order valence-electron chi connectivity index (χ1n) is 11.4. The molecular formula is C27H30N2O5P+. The third kappa shape index (κ3) is 8.41. The van der Waals surface area contributed by atoms with Crippen LogP contribution in [-0.2, 0) is 31.5 Å². The fourth-order valence-corrected chi connectivity index (χ4v) is 4.85. The Kier molecular flexibility index (Phi) is 9.67. The van der Waals surface area contributed by atoms with Crippen molar-refractivity contribution in [3.8, 4) is 11.1 Å². The van der Waals surface area contributed by atoms with Crippen LogP contribution in [-0.4, -0.2) is 35.4 Å². The summed E-state index contributed by atoms with van der Waals surface area (Å²) in [6, 6.07) is 25.6. The number of nitrogens with one attached hydrogen (secondary N) is 1. The maximum Gasteiger partial charge on any atom is 0.510 e. The van der Waals surface area contributed by atoms with Crippen molar-refractivity contribution in [3.63, 3.8) is 0 Å². The Labute approximate surface area is 206 Å². The Morgan fingerprint density at radius 3 is 2.00 bits per heavy atom. The van der Waals surface area contributed by atoms with Crippen molar-refractivity contribution in [2.75, 3.05) is 6.16 Å². The van der Waals surface area contributed by atoms with Crippen LogP contribution in [0.1, 0.15) is 18.1 Å². The van der Waals surface area contributed by atoms with E-state index < -0.39 is 38.1 Å². The summed E-state index contributed by atoms with van der Waals surface area (Å²) >= 11 is 0. The summed E-state index contributed by atoms with van der Waals surface area (Å²) in [6.45, 7) is 1.56. The van der Waals surface area contributed by atoms with E-state index in [1.807, 2.05) is 72.8 Å². The molecule has 1 amide bonds. The molecular weight excluding hydrogens is 463 g/mol. The molecule has 3 unspecified atom stereocenters. The minimum atomic E-state index is -2.20. The third-order valence-corrected chi connectivity index (χ3v) is 6.77. The quantitative estimate of drug-likeness (QED) is 0.254. The van der Waals surface area contributed by atoms with E-state index in [0.717, 1.165) is 22.3 Å². The summed E-state index contributed by atoms with van der Waals surface area (Å²) in [6.07, 6.45) is -0.386. The zero-order chi connectivity index (χ0) is 25.2. The van der Waals surface area contributed by atoms with Gasteiger partial charge in [0.25, 0.3) is 0 Å². The van der Waals surface area contributed by atoms with Crippen molar-refractivity contribution in [2.45, 2.75) is 32.0 Å². The lowest BCUT2D eigenvalue weighted by atomic mass is 9.97. The molecule has 0 aliphatic carbocycles. The molecule has 3 aromatic rings. The molecule has 4 N–H and O–H groups in total. The average molecular weight is 494 g/mol. The van der Waals surface area contributed by atoms with Gasteiger partial charge in [-0.05, 0) is 40.2 Å². The number of carboxylic acids is 1. The maximum absolute atomic E-state index is 13.2. The summed E-state index contributed by atoms with van der Waals surface area (Å²) < 4.78 is 17.6. The van der Waals surface area contributed by atoms with E-state index in [0.29, 0.717) is 0 Å². The molecule has 182 valence electrons. The van der Waals surface area contributed by atoms with Crippen molar-refractivity contribution in [2.24, 2.45) is 11.7 Å². The SMILES string of the molecule is CC(N)O[P+](=O)CC(Cc1ccc(-c2ccccc2)cc1)C(=O)N[C@@H](Cc1ccccc1)C(=O)O. The van der Waals surface area contributed by atoms with Crippen molar-refractivity contribution >= 4 is 19.9 Å². The van der Waals surface area contributed by atoms with Crippen molar-refractivity contribution < 1.29 is 23.8 Å². The molecule has 3 aromatic carbocycles. The number of nitrogens with two attached hydrogens (primary N) is 1. The van der Waals surface area contributed by atoms with E-state index in [1.54, 1.807) is 19.1 Å². The summed E-state index contributed by atoms with van der Waals surface area (Å²) in [5.74, 6) is -2.38.